The molecule has 2 aromatic carbocycles. The smallest absolute Gasteiger partial charge is 0.410 e. The van der Waals surface area contributed by atoms with E-state index < -0.39 is 11.7 Å². The lowest BCUT2D eigenvalue weighted by Gasteiger charge is -2.27. The zero-order valence-electron chi connectivity index (χ0n) is 23.9. The summed E-state index contributed by atoms with van der Waals surface area (Å²) in [4.78, 5) is 35.1. The minimum atomic E-state index is -0.913. The van der Waals surface area contributed by atoms with Crippen molar-refractivity contribution in [2.45, 2.75) is 64.1 Å². The molecular weight excluding hydrogens is 536 g/mol. The monoisotopic (exact) mass is 570 g/mol. The number of aromatic nitrogens is 4. The zero-order chi connectivity index (χ0) is 29.4. The predicted molar refractivity (Wildman–Crippen MR) is 154 cm³/mol. The molecule has 0 radical (unpaired) electrons. The Hall–Kier alpha value is -4.67. The molecule has 2 amide bonds. The van der Waals surface area contributed by atoms with Crippen LogP contribution < -0.4 is 0 Å². The number of carbonyl (C=O) groups is 2. The van der Waals surface area contributed by atoms with E-state index in [1.165, 1.54) is 4.90 Å². The van der Waals surface area contributed by atoms with Crippen LogP contribution in [0, 0.1) is 0 Å². The molecule has 2 aliphatic rings. The number of nitrogens with zero attached hydrogens (tertiary/aromatic N) is 5. The number of aromatic amines is 1. The number of imidazole rings is 1. The molecule has 2 aromatic heterocycles. The highest BCUT2D eigenvalue weighted by Crippen LogP contribution is 2.35. The maximum absolute atomic E-state index is 12.7. The van der Waals surface area contributed by atoms with Crippen molar-refractivity contribution in [2.24, 2.45) is 0 Å². The van der Waals surface area contributed by atoms with Crippen molar-refractivity contribution in [3.05, 3.63) is 66.4 Å². The fourth-order valence-electron chi connectivity index (χ4n) is 5.63. The molecule has 4 heterocycles. The van der Waals surface area contributed by atoms with E-state index in [1.54, 1.807) is 11.1 Å². The SMILES string of the molecule is CC(C)(C)OC(=O)N1CCC[C@H]1c1nnc(-c2ccc(-c3ccc(-c4cnc(C5CCCN5C(=O)O)[nH]4)cc3)cc2)o1. The van der Waals surface area contributed by atoms with Crippen LogP contribution in [-0.4, -0.2) is 65.9 Å². The van der Waals surface area contributed by atoms with E-state index in [2.05, 4.69) is 20.2 Å². The van der Waals surface area contributed by atoms with E-state index >= 15 is 0 Å². The van der Waals surface area contributed by atoms with Crippen LogP contribution in [0.2, 0.25) is 0 Å². The minimum Gasteiger partial charge on any atom is -0.465 e. The summed E-state index contributed by atoms with van der Waals surface area (Å²) >= 11 is 0. The van der Waals surface area contributed by atoms with Crippen molar-refractivity contribution in [3.63, 3.8) is 0 Å². The molecule has 0 saturated carbocycles. The van der Waals surface area contributed by atoms with Gasteiger partial charge in [0, 0.05) is 18.7 Å². The maximum atomic E-state index is 12.7. The molecule has 1 unspecified atom stereocenters. The first-order valence-electron chi connectivity index (χ1n) is 14.2. The first kappa shape index (κ1) is 27.5. The second-order valence-electron chi connectivity index (χ2n) is 11.7. The largest absolute Gasteiger partial charge is 0.465 e. The highest BCUT2D eigenvalue weighted by Gasteiger charge is 2.36. The Kier molecular flexibility index (Phi) is 7.17. The number of carbonyl (C=O) groups excluding carboxylic acids is 1. The molecule has 0 aliphatic carbocycles. The van der Waals surface area contributed by atoms with Gasteiger partial charge in [0.1, 0.15) is 17.5 Å². The summed E-state index contributed by atoms with van der Waals surface area (Å²) in [7, 11) is 0. The summed E-state index contributed by atoms with van der Waals surface area (Å²) < 4.78 is 11.6. The minimum absolute atomic E-state index is 0.231. The molecular formula is C31H34N6O5. The molecule has 2 saturated heterocycles. The summed E-state index contributed by atoms with van der Waals surface area (Å²) in [5.74, 6) is 1.50. The van der Waals surface area contributed by atoms with Gasteiger partial charge in [-0.15, -0.1) is 10.2 Å². The number of H-pyrrole nitrogens is 1. The third kappa shape index (κ3) is 5.59. The predicted octanol–water partition coefficient (Wildman–Crippen LogP) is 6.68. The number of hydrogen-bond donors (Lipinski definition) is 2. The van der Waals surface area contributed by atoms with E-state index in [0.29, 0.717) is 30.7 Å². The average molecular weight is 571 g/mol. The molecule has 2 atom stereocenters. The standard InChI is InChI=1S/C31H34N6O5/c1-31(2,3)42-30(40)37-17-5-7-25(37)28-35-34-27(41-28)22-14-10-20(11-15-22)19-8-12-21(13-9-19)23-18-32-26(33-23)24-6-4-16-36(24)29(38)39/h8-15,18,24-25H,4-7,16-17H2,1-3H3,(H,32,33)(H,38,39)/t24?,25-/m0/s1. The van der Waals surface area contributed by atoms with Crippen LogP contribution in [0.3, 0.4) is 0 Å². The molecule has 11 heteroatoms. The lowest BCUT2D eigenvalue weighted by Crippen LogP contribution is -2.36. The molecule has 6 rings (SSSR count). The van der Waals surface area contributed by atoms with Crippen molar-refractivity contribution < 1.29 is 23.8 Å². The number of amides is 2. The van der Waals surface area contributed by atoms with E-state index in [1.807, 2.05) is 69.3 Å². The quantitative estimate of drug-likeness (QED) is 0.271. The van der Waals surface area contributed by atoms with E-state index in [9.17, 15) is 14.7 Å². The fourth-order valence-corrected chi connectivity index (χ4v) is 5.63. The third-order valence-corrected chi connectivity index (χ3v) is 7.68. The van der Waals surface area contributed by atoms with Gasteiger partial charge in [0.05, 0.1) is 17.9 Å². The topological polar surface area (TPSA) is 138 Å². The van der Waals surface area contributed by atoms with Gasteiger partial charge in [0.2, 0.25) is 11.8 Å². The zero-order valence-corrected chi connectivity index (χ0v) is 23.9. The van der Waals surface area contributed by atoms with Gasteiger partial charge in [-0.25, -0.2) is 14.6 Å². The molecule has 2 fully saturated rings. The van der Waals surface area contributed by atoms with E-state index in [4.69, 9.17) is 9.15 Å². The number of benzene rings is 2. The van der Waals surface area contributed by atoms with Gasteiger partial charge in [-0.2, -0.15) is 0 Å². The van der Waals surface area contributed by atoms with Gasteiger partial charge in [-0.05, 0) is 75.3 Å². The van der Waals surface area contributed by atoms with Crippen molar-refractivity contribution in [3.8, 4) is 33.8 Å². The van der Waals surface area contributed by atoms with Crippen molar-refractivity contribution >= 4 is 12.2 Å². The lowest BCUT2D eigenvalue weighted by molar-refractivity contribution is 0.0204. The molecule has 11 nitrogen and oxygen atoms in total. The van der Waals surface area contributed by atoms with Gasteiger partial charge < -0.3 is 19.2 Å². The number of rotatable bonds is 5. The van der Waals surface area contributed by atoms with E-state index in [0.717, 1.165) is 53.6 Å². The molecule has 4 aromatic rings. The van der Waals surface area contributed by atoms with Gasteiger partial charge in [0.15, 0.2) is 0 Å². The Morgan fingerprint density at radius 1 is 0.881 bits per heavy atom. The number of ether oxygens (including phenoxy) is 1. The second kappa shape index (κ2) is 11.0. The van der Waals surface area contributed by atoms with Gasteiger partial charge in [-0.1, -0.05) is 36.4 Å². The third-order valence-electron chi connectivity index (χ3n) is 7.68. The van der Waals surface area contributed by atoms with Crippen molar-refractivity contribution in [2.75, 3.05) is 13.1 Å². The summed E-state index contributed by atoms with van der Waals surface area (Å²) in [6.45, 7) is 6.67. The van der Waals surface area contributed by atoms with Crippen LogP contribution in [0.15, 0.2) is 59.1 Å². The van der Waals surface area contributed by atoms with Crippen molar-refractivity contribution in [1.29, 1.82) is 0 Å². The molecule has 2 N–H and O–H groups in total. The highest BCUT2D eigenvalue weighted by atomic mass is 16.6. The number of carboxylic acid groups (broad SMARTS) is 1. The average Bonchev–Trinajstić information content (AvgIpc) is 3.78. The Bertz CT molecular complexity index is 1570. The Morgan fingerprint density at radius 2 is 1.48 bits per heavy atom. The first-order valence-corrected chi connectivity index (χ1v) is 14.2. The van der Waals surface area contributed by atoms with Crippen LogP contribution >= 0.6 is 0 Å². The van der Waals surface area contributed by atoms with Crippen molar-refractivity contribution in [1.82, 2.24) is 30.0 Å². The van der Waals surface area contributed by atoms with E-state index in [-0.39, 0.29) is 18.2 Å². The fraction of sp³-hybridized carbons (Fsp3) is 0.387. The van der Waals surface area contributed by atoms with Gasteiger partial charge >= 0.3 is 12.2 Å². The molecule has 42 heavy (non-hydrogen) atoms. The van der Waals surface area contributed by atoms with Crippen LogP contribution in [-0.2, 0) is 4.74 Å². The summed E-state index contributed by atoms with van der Waals surface area (Å²) in [5, 5.41) is 18.0. The molecule has 0 spiro atoms. The maximum Gasteiger partial charge on any atom is 0.410 e. The molecule has 2 aliphatic heterocycles. The van der Waals surface area contributed by atoms with Gasteiger partial charge in [-0.3, -0.25) is 9.80 Å². The van der Waals surface area contributed by atoms with Crippen LogP contribution in [0.1, 0.15) is 70.3 Å². The Morgan fingerprint density at radius 3 is 2.12 bits per heavy atom. The Balaban J connectivity index is 1.13. The Labute approximate surface area is 243 Å². The highest BCUT2D eigenvalue weighted by molar-refractivity contribution is 5.71. The lowest BCUT2D eigenvalue weighted by atomic mass is 10.0. The normalized spacial score (nSPS) is 18.9. The van der Waals surface area contributed by atoms with Gasteiger partial charge in [0.25, 0.3) is 0 Å². The number of hydrogen-bond acceptors (Lipinski definition) is 7. The van der Waals surface area contributed by atoms with Crippen LogP contribution in [0.5, 0.6) is 0 Å². The summed E-state index contributed by atoms with van der Waals surface area (Å²) in [6.07, 6.45) is 3.67. The number of likely N-dealkylation sites (tertiary alicyclic amines) is 2. The first-order chi connectivity index (χ1) is 20.2. The van der Waals surface area contributed by atoms with Crippen LogP contribution in [0.25, 0.3) is 33.8 Å². The van der Waals surface area contributed by atoms with Crippen LogP contribution in [0.4, 0.5) is 9.59 Å². The molecule has 0 bridgehead atoms. The molecule has 218 valence electrons. The summed E-state index contributed by atoms with van der Waals surface area (Å²) in [6, 6.07) is 15.5. The summed E-state index contributed by atoms with van der Waals surface area (Å²) in [5.41, 5.74) is 4.12. The number of nitrogens with one attached hydrogen (secondary N) is 1. The second-order valence-corrected chi connectivity index (χ2v) is 11.7.